The first kappa shape index (κ1) is 13.3. The first-order valence-corrected chi connectivity index (χ1v) is 6.59. The van der Waals surface area contributed by atoms with E-state index in [1.165, 1.54) is 0 Å². The molecule has 0 radical (unpaired) electrons. The maximum absolute atomic E-state index is 12.3. The second kappa shape index (κ2) is 5.68. The number of amides is 1. The van der Waals surface area contributed by atoms with Crippen molar-refractivity contribution in [1.82, 2.24) is 5.32 Å². The van der Waals surface area contributed by atoms with E-state index in [9.17, 15) is 10.1 Å². The van der Waals surface area contributed by atoms with Crippen molar-refractivity contribution in [3.8, 4) is 6.07 Å². The van der Waals surface area contributed by atoms with Gasteiger partial charge in [0, 0.05) is 19.8 Å². The van der Waals surface area contributed by atoms with E-state index < -0.39 is 5.41 Å². The molecule has 0 bridgehead atoms. The van der Waals surface area contributed by atoms with E-state index in [4.69, 9.17) is 9.47 Å². The summed E-state index contributed by atoms with van der Waals surface area (Å²) in [6, 6.07) is 2.15. The lowest BCUT2D eigenvalue weighted by molar-refractivity contribution is -0.133. The third-order valence-corrected chi connectivity index (χ3v) is 3.88. The fourth-order valence-electron chi connectivity index (χ4n) is 2.54. The summed E-state index contributed by atoms with van der Waals surface area (Å²) < 4.78 is 10.8. The molecule has 0 aromatic heterocycles. The summed E-state index contributed by atoms with van der Waals surface area (Å²) in [5, 5.41) is 12.2. The van der Waals surface area contributed by atoms with Crippen LogP contribution in [0.3, 0.4) is 0 Å². The van der Waals surface area contributed by atoms with E-state index in [2.05, 4.69) is 11.4 Å². The summed E-state index contributed by atoms with van der Waals surface area (Å²) in [5.41, 5.74) is -0.912. The summed E-state index contributed by atoms with van der Waals surface area (Å²) in [4.78, 5) is 12.3. The Hall–Kier alpha value is -1.12. The number of carbonyl (C=O) groups is 1. The third-order valence-electron chi connectivity index (χ3n) is 3.88. The molecule has 5 nitrogen and oxygen atoms in total. The third kappa shape index (κ3) is 2.65. The van der Waals surface area contributed by atoms with Crippen LogP contribution < -0.4 is 5.32 Å². The van der Waals surface area contributed by atoms with Gasteiger partial charge in [-0.15, -0.1) is 0 Å². The Labute approximate surface area is 107 Å². The van der Waals surface area contributed by atoms with Gasteiger partial charge in [0.25, 0.3) is 0 Å². The summed E-state index contributed by atoms with van der Waals surface area (Å²) in [6.07, 6.45) is 3.07. The van der Waals surface area contributed by atoms with E-state index >= 15 is 0 Å². The van der Waals surface area contributed by atoms with Crippen LogP contribution in [0.1, 0.15) is 32.6 Å². The van der Waals surface area contributed by atoms with Crippen LogP contribution in [0.15, 0.2) is 0 Å². The summed E-state index contributed by atoms with van der Waals surface area (Å²) in [6.45, 7) is 3.67. The molecule has 2 aliphatic heterocycles. The lowest BCUT2D eigenvalue weighted by Crippen LogP contribution is -2.49. The normalized spacial score (nSPS) is 28.3. The molecule has 1 amide bonds. The van der Waals surface area contributed by atoms with Crippen LogP contribution in [0, 0.1) is 16.7 Å². The highest BCUT2D eigenvalue weighted by molar-refractivity contribution is 5.85. The van der Waals surface area contributed by atoms with E-state index in [-0.39, 0.29) is 18.1 Å². The highest BCUT2D eigenvalue weighted by Crippen LogP contribution is 2.30. The molecule has 1 N–H and O–H groups in total. The average molecular weight is 252 g/mol. The van der Waals surface area contributed by atoms with Gasteiger partial charge in [0.05, 0.1) is 18.2 Å². The molecule has 2 rings (SSSR count). The van der Waals surface area contributed by atoms with E-state index in [0.717, 1.165) is 19.4 Å². The first-order valence-electron chi connectivity index (χ1n) is 6.59. The number of ether oxygens (including phenoxy) is 2. The minimum absolute atomic E-state index is 0.0342. The van der Waals surface area contributed by atoms with Crippen LogP contribution in [-0.4, -0.2) is 37.9 Å². The zero-order chi connectivity index (χ0) is 13.0. The molecule has 18 heavy (non-hydrogen) atoms. The van der Waals surface area contributed by atoms with Crippen molar-refractivity contribution in [2.75, 3.05) is 19.8 Å². The SMILES string of the molecule is CC(NC(=O)C1(C#N)CCOCC1)C1CCCO1. The smallest absolute Gasteiger partial charge is 0.240 e. The molecule has 2 unspecified atom stereocenters. The summed E-state index contributed by atoms with van der Waals surface area (Å²) in [5.74, 6) is -0.170. The maximum atomic E-state index is 12.3. The highest BCUT2D eigenvalue weighted by atomic mass is 16.5. The summed E-state index contributed by atoms with van der Waals surface area (Å²) >= 11 is 0. The van der Waals surface area contributed by atoms with E-state index in [1.807, 2.05) is 6.92 Å². The lowest BCUT2D eigenvalue weighted by Gasteiger charge is -2.31. The molecule has 2 fully saturated rings. The van der Waals surface area contributed by atoms with E-state index in [0.29, 0.717) is 26.1 Å². The van der Waals surface area contributed by atoms with Crippen LogP contribution >= 0.6 is 0 Å². The molecule has 2 atom stereocenters. The topological polar surface area (TPSA) is 71.4 Å². The van der Waals surface area contributed by atoms with Crippen LogP contribution in [0.2, 0.25) is 0 Å². The minimum atomic E-state index is -0.912. The second-order valence-corrected chi connectivity index (χ2v) is 5.12. The molecule has 0 aromatic rings. The molecule has 0 aliphatic carbocycles. The van der Waals surface area contributed by atoms with Gasteiger partial charge >= 0.3 is 0 Å². The predicted octanol–water partition coefficient (Wildman–Crippen LogP) is 0.990. The van der Waals surface area contributed by atoms with Crippen molar-refractivity contribution in [2.45, 2.75) is 44.8 Å². The Morgan fingerprint density at radius 1 is 1.44 bits per heavy atom. The van der Waals surface area contributed by atoms with Gasteiger partial charge in [-0.05, 0) is 32.6 Å². The fourth-order valence-corrected chi connectivity index (χ4v) is 2.54. The fraction of sp³-hybridized carbons (Fsp3) is 0.846. The molecule has 0 saturated carbocycles. The van der Waals surface area contributed by atoms with Crippen LogP contribution in [-0.2, 0) is 14.3 Å². The highest BCUT2D eigenvalue weighted by Gasteiger charge is 2.41. The van der Waals surface area contributed by atoms with Gasteiger partial charge in [0.2, 0.25) is 5.91 Å². The summed E-state index contributed by atoms with van der Waals surface area (Å²) in [7, 11) is 0. The number of nitrogens with one attached hydrogen (secondary N) is 1. The minimum Gasteiger partial charge on any atom is -0.381 e. The van der Waals surface area contributed by atoms with Gasteiger partial charge in [-0.3, -0.25) is 4.79 Å². The Morgan fingerprint density at radius 2 is 2.17 bits per heavy atom. The van der Waals surface area contributed by atoms with Crippen LogP contribution in [0.4, 0.5) is 0 Å². The Balaban J connectivity index is 1.95. The molecule has 2 aliphatic rings. The number of hydrogen-bond donors (Lipinski definition) is 1. The maximum Gasteiger partial charge on any atom is 0.240 e. The predicted molar refractivity (Wildman–Crippen MR) is 64.7 cm³/mol. The van der Waals surface area contributed by atoms with Gasteiger partial charge < -0.3 is 14.8 Å². The molecule has 0 spiro atoms. The monoisotopic (exact) mass is 252 g/mol. The Kier molecular flexibility index (Phi) is 4.20. The molecule has 0 aromatic carbocycles. The molecule has 2 heterocycles. The average Bonchev–Trinajstić information content (AvgIpc) is 2.93. The van der Waals surface area contributed by atoms with Crippen molar-refractivity contribution in [2.24, 2.45) is 5.41 Å². The van der Waals surface area contributed by atoms with Crippen LogP contribution in [0.25, 0.3) is 0 Å². The number of rotatable bonds is 3. The molecule has 100 valence electrons. The van der Waals surface area contributed by atoms with E-state index in [1.54, 1.807) is 0 Å². The zero-order valence-electron chi connectivity index (χ0n) is 10.8. The van der Waals surface area contributed by atoms with Crippen molar-refractivity contribution in [1.29, 1.82) is 5.26 Å². The Bertz CT molecular complexity index is 339. The van der Waals surface area contributed by atoms with Gasteiger partial charge in [-0.25, -0.2) is 0 Å². The van der Waals surface area contributed by atoms with Gasteiger partial charge in [0.1, 0.15) is 5.41 Å². The first-order chi connectivity index (χ1) is 8.68. The van der Waals surface area contributed by atoms with Crippen molar-refractivity contribution in [3.05, 3.63) is 0 Å². The second-order valence-electron chi connectivity index (χ2n) is 5.12. The number of hydrogen-bond acceptors (Lipinski definition) is 4. The molecular formula is C13H20N2O3. The lowest BCUT2D eigenvalue weighted by atomic mass is 9.80. The van der Waals surface area contributed by atoms with Crippen molar-refractivity contribution >= 4 is 5.91 Å². The standard InChI is InChI=1S/C13H20N2O3/c1-10(11-3-2-6-18-11)15-12(16)13(9-14)4-7-17-8-5-13/h10-11H,2-8H2,1H3,(H,15,16). The van der Waals surface area contributed by atoms with Gasteiger partial charge in [-0.2, -0.15) is 5.26 Å². The Morgan fingerprint density at radius 3 is 2.72 bits per heavy atom. The molecule has 2 saturated heterocycles. The van der Waals surface area contributed by atoms with Crippen molar-refractivity contribution < 1.29 is 14.3 Å². The number of nitriles is 1. The van der Waals surface area contributed by atoms with Crippen LogP contribution in [0.5, 0.6) is 0 Å². The quantitative estimate of drug-likeness (QED) is 0.813. The number of carbonyl (C=O) groups excluding carboxylic acids is 1. The van der Waals surface area contributed by atoms with Gasteiger partial charge in [0.15, 0.2) is 0 Å². The molecular weight excluding hydrogens is 232 g/mol. The van der Waals surface area contributed by atoms with Gasteiger partial charge in [-0.1, -0.05) is 0 Å². The number of nitrogens with zero attached hydrogens (tertiary/aromatic N) is 1. The molecule has 5 heteroatoms. The largest absolute Gasteiger partial charge is 0.381 e. The van der Waals surface area contributed by atoms with Crippen molar-refractivity contribution in [3.63, 3.8) is 0 Å². The zero-order valence-corrected chi connectivity index (χ0v) is 10.8.